The molecular weight excluding hydrogens is 339 g/mol. The fourth-order valence-corrected chi connectivity index (χ4v) is 3.48. The van der Waals surface area contributed by atoms with Crippen molar-refractivity contribution in [1.29, 1.82) is 0 Å². The number of nitrogens with one attached hydrogen (secondary N) is 2. The second-order valence-electron chi connectivity index (χ2n) is 6.66. The molecule has 1 heterocycles. The van der Waals surface area contributed by atoms with Gasteiger partial charge in [-0.2, -0.15) is 0 Å². The van der Waals surface area contributed by atoms with E-state index in [2.05, 4.69) is 16.7 Å². The van der Waals surface area contributed by atoms with Crippen LogP contribution in [0.15, 0.2) is 42.5 Å². The molecule has 2 N–H and O–H groups in total. The molecule has 2 aromatic carbocycles. The van der Waals surface area contributed by atoms with Crippen LogP contribution >= 0.6 is 11.6 Å². The van der Waals surface area contributed by atoms with Crippen molar-refractivity contribution < 1.29 is 9.18 Å². The van der Waals surface area contributed by atoms with E-state index >= 15 is 0 Å². The maximum Gasteiger partial charge on any atom is 0.225 e. The van der Waals surface area contributed by atoms with Gasteiger partial charge < -0.3 is 10.6 Å². The predicted octanol–water partition coefficient (Wildman–Crippen LogP) is 3.97. The number of carbonyl (C=O) groups excluding carboxylic acids is 1. The third-order valence-corrected chi connectivity index (χ3v) is 5.31. The smallest absolute Gasteiger partial charge is 0.225 e. The van der Waals surface area contributed by atoms with Gasteiger partial charge in [0.1, 0.15) is 5.82 Å². The Morgan fingerprint density at radius 2 is 1.96 bits per heavy atom. The Morgan fingerprint density at radius 3 is 2.64 bits per heavy atom. The monoisotopic (exact) mass is 360 g/mol. The van der Waals surface area contributed by atoms with Crippen LogP contribution in [0, 0.1) is 18.7 Å². The topological polar surface area (TPSA) is 41.1 Å². The molecule has 0 radical (unpaired) electrons. The minimum absolute atomic E-state index is 0.0134. The average Bonchev–Trinajstić information content (AvgIpc) is 3.07. The van der Waals surface area contributed by atoms with Crippen molar-refractivity contribution in [2.24, 2.45) is 5.92 Å². The lowest BCUT2D eigenvalue weighted by Crippen LogP contribution is -2.36. The average molecular weight is 361 g/mol. The number of halogens is 2. The molecule has 3 nitrogen and oxygen atoms in total. The Labute approximate surface area is 152 Å². The Kier molecular flexibility index (Phi) is 5.40. The van der Waals surface area contributed by atoms with Crippen LogP contribution in [0.4, 0.5) is 4.39 Å². The zero-order valence-corrected chi connectivity index (χ0v) is 15.1. The van der Waals surface area contributed by atoms with Crippen LogP contribution in [-0.4, -0.2) is 19.0 Å². The number of aryl methyl sites for hydroxylation is 1. The minimum Gasteiger partial charge on any atom is -0.349 e. The zero-order chi connectivity index (χ0) is 18.0. The first-order valence-corrected chi connectivity index (χ1v) is 8.86. The van der Waals surface area contributed by atoms with Gasteiger partial charge in [0.05, 0.1) is 12.0 Å². The number of carbonyl (C=O) groups is 1. The summed E-state index contributed by atoms with van der Waals surface area (Å²) in [6.07, 6.45) is 0. The molecule has 1 saturated heterocycles. The van der Waals surface area contributed by atoms with E-state index in [0.717, 1.165) is 28.3 Å². The SMILES string of the molecule is Cc1cc([C@@H]2CNC[C@H]2C(=O)N[C@@H](C)c2ccc(F)cc2)ccc1Cl. The largest absolute Gasteiger partial charge is 0.349 e. The van der Waals surface area contributed by atoms with Gasteiger partial charge in [0.15, 0.2) is 0 Å². The van der Waals surface area contributed by atoms with Crippen LogP contribution in [-0.2, 0) is 4.79 Å². The summed E-state index contributed by atoms with van der Waals surface area (Å²) in [5.74, 6) is -0.278. The first-order chi connectivity index (χ1) is 12.0. The van der Waals surface area contributed by atoms with Crippen LogP contribution in [0.1, 0.15) is 35.6 Å². The maximum atomic E-state index is 13.1. The van der Waals surface area contributed by atoms with Gasteiger partial charge in [-0.1, -0.05) is 35.9 Å². The van der Waals surface area contributed by atoms with E-state index < -0.39 is 0 Å². The van der Waals surface area contributed by atoms with Gasteiger partial charge in [-0.15, -0.1) is 0 Å². The Balaban J connectivity index is 1.72. The van der Waals surface area contributed by atoms with Crippen LogP contribution in [0.25, 0.3) is 0 Å². The second-order valence-corrected chi connectivity index (χ2v) is 7.07. The molecule has 0 unspecified atom stereocenters. The number of hydrogen-bond acceptors (Lipinski definition) is 2. The highest BCUT2D eigenvalue weighted by Gasteiger charge is 2.34. The van der Waals surface area contributed by atoms with Gasteiger partial charge in [-0.25, -0.2) is 4.39 Å². The molecule has 1 aliphatic rings. The minimum atomic E-state index is -0.277. The molecule has 0 aliphatic carbocycles. The van der Waals surface area contributed by atoms with Crippen molar-refractivity contribution in [3.05, 3.63) is 70.0 Å². The summed E-state index contributed by atoms with van der Waals surface area (Å²) in [4.78, 5) is 12.8. The normalized spacial score (nSPS) is 21.1. The standard InChI is InChI=1S/C20H22ClFN2O/c1-12-9-15(5-8-19(12)21)17-10-23-11-18(17)20(25)24-13(2)14-3-6-16(22)7-4-14/h3-9,13,17-18,23H,10-11H2,1-2H3,(H,24,25)/t13-,17-,18+/m0/s1. The van der Waals surface area contributed by atoms with E-state index in [1.807, 2.05) is 26.0 Å². The third-order valence-electron chi connectivity index (χ3n) is 4.89. The van der Waals surface area contributed by atoms with Crippen molar-refractivity contribution in [3.63, 3.8) is 0 Å². The molecule has 0 spiro atoms. The lowest BCUT2D eigenvalue weighted by atomic mass is 9.87. The zero-order valence-electron chi connectivity index (χ0n) is 14.4. The number of rotatable bonds is 4. The van der Waals surface area contributed by atoms with E-state index in [1.165, 1.54) is 12.1 Å². The highest BCUT2D eigenvalue weighted by Crippen LogP contribution is 2.31. The molecule has 1 aliphatic heterocycles. The van der Waals surface area contributed by atoms with E-state index in [4.69, 9.17) is 11.6 Å². The van der Waals surface area contributed by atoms with Crippen molar-refractivity contribution >= 4 is 17.5 Å². The fourth-order valence-electron chi connectivity index (χ4n) is 3.36. The molecule has 1 amide bonds. The van der Waals surface area contributed by atoms with Gasteiger partial charge in [-0.3, -0.25) is 4.79 Å². The lowest BCUT2D eigenvalue weighted by molar-refractivity contribution is -0.125. The fraction of sp³-hybridized carbons (Fsp3) is 0.350. The van der Waals surface area contributed by atoms with Gasteiger partial charge in [0.2, 0.25) is 5.91 Å². The van der Waals surface area contributed by atoms with E-state index in [0.29, 0.717) is 6.54 Å². The van der Waals surface area contributed by atoms with E-state index in [9.17, 15) is 9.18 Å². The Bertz CT molecular complexity index is 763. The molecule has 5 heteroatoms. The lowest BCUT2D eigenvalue weighted by Gasteiger charge is -2.22. The van der Waals surface area contributed by atoms with Crippen LogP contribution in [0.2, 0.25) is 5.02 Å². The van der Waals surface area contributed by atoms with E-state index in [-0.39, 0.29) is 29.6 Å². The van der Waals surface area contributed by atoms with Crippen molar-refractivity contribution in [3.8, 4) is 0 Å². The molecule has 2 aromatic rings. The highest BCUT2D eigenvalue weighted by atomic mass is 35.5. The molecule has 1 fully saturated rings. The first-order valence-electron chi connectivity index (χ1n) is 8.48. The third kappa shape index (κ3) is 4.02. The van der Waals surface area contributed by atoms with Gasteiger partial charge in [0, 0.05) is 24.0 Å². The predicted molar refractivity (Wildman–Crippen MR) is 98.2 cm³/mol. The van der Waals surface area contributed by atoms with Crippen molar-refractivity contribution in [2.75, 3.05) is 13.1 Å². The van der Waals surface area contributed by atoms with Crippen molar-refractivity contribution in [1.82, 2.24) is 10.6 Å². The Hall–Kier alpha value is -1.91. The van der Waals surface area contributed by atoms with Gasteiger partial charge in [0.25, 0.3) is 0 Å². The first kappa shape index (κ1) is 17.9. The molecule has 0 bridgehead atoms. The summed E-state index contributed by atoms with van der Waals surface area (Å²) in [7, 11) is 0. The summed E-state index contributed by atoms with van der Waals surface area (Å²) in [6.45, 7) is 5.30. The molecule has 0 aromatic heterocycles. The van der Waals surface area contributed by atoms with Crippen molar-refractivity contribution in [2.45, 2.75) is 25.8 Å². The van der Waals surface area contributed by atoms with Gasteiger partial charge >= 0.3 is 0 Å². The molecule has 0 saturated carbocycles. The maximum absolute atomic E-state index is 13.1. The summed E-state index contributed by atoms with van der Waals surface area (Å²) in [6, 6.07) is 12.0. The molecule has 132 valence electrons. The molecule has 3 rings (SSSR count). The second kappa shape index (κ2) is 7.54. The van der Waals surface area contributed by atoms with Gasteiger partial charge in [-0.05, 0) is 48.7 Å². The molecule has 25 heavy (non-hydrogen) atoms. The number of benzene rings is 2. The summed E-state index contributed by atoms with van der Waals surface area (Å²) in [5, 5.41) is 7.11. The highest BCUT2D eigenvalue weighted by molar-refractivity contribution is 6.31. The molecular formula is C20H22ClFN2O. The number of amides is 1. The van der Waals surface area contributed by atoms with E-state index in [1.54, 1.807) is 12.1 Å². The Morgan fingerprint density at radius 1 is 1.24 bits per heavy atom. The van der Waals surface area contributed by atoms with Crippen LogP contribution < -0.4 is 10.6 Å². The summed E-state index contributed by atoms with van der Waals surface area (Å²) in [5.41, 5.74) is 3.03. The number of hydrogen-bond donors (Lipinski definition) is 2. The quantitative estimate of drug-likeness (QED) is 0.866. The molecule has 3 atom stereocenters. The summed E-state index contributed by atoms with van der Waals surface area (Å²) >= 11 is 6.11. The van der Waals surface area contributed by atoms with Crippen LogP contribution in [0.5, 0.6) is 0 Å². The summed E-state index contributed by atoms with van der Waals surface area (Å²) < 4.78 is 13.1. The van der Waals surface area contributed by atoms with Crippen LogP contribution in [0.3, 0.4) is 0 Å².